The number of carbonyl (C=O) groups is 2. The number of carbonyl (C=O) groups excluding carboxylic acids is 2. The van der Waals surface area contributed by atoms with Crippen LogP contribution in [0.5, 0.6) is 0 Å². The largest absolute Gasteiger partial charge is 0.364 e. The van der Waals surface area contributed by atoms with Gasteiger partial charge in [-0.15, -0.1) is 0 Å². The number of amides is 2. The number of rotatable bonds is 2. The number of primary amides is 1. The van der Waals surface area contributed by atoms with Gasteiger partial charge in [0.05, 0.1) is 4.92 Å². The van der Waals surface area contributed by atoms with Gasteiger partial charge in [0, 0.05) is 0 Å². The second kappa shape index (κ2) is 3.09. The molecule has 1 rings (SSSR count). The molecule has 0 saturated carbocycles. The fourth-order valence-electron chi connectivity index (χ4n) is 0.687. The van der Waals surface area contributed by atoms with Crippen LogP contribution in [-0.2, 0) is 9.59 Å². The number of nitrogens with zero attached hydrogens (tertiary/aromatic N) is 3. The molecule has 1 aliphatic rings. The third-order valence-corrected chi connectivity index (χ3v) is 1.24. The van der Waals surface area contributed by atoms with E-state index in [0.717, 1.165) is 6.21 Å². The number of hydrogen-bond acceptors (Lipinski definition) is 5. The van der Waals surface area contributed by atoms with Crippen LogP contribution < -0.4 is 5.73 Å². The molecule has 1 unspecified atom stereocenters. The quantitative estimate of drug-likeness (QED) is 0.398. The second-order valence-corrected chi connectivity index (χ2v) is 2.12. The Labute approximate surface area is 71.3 Å². The summed E-state index contributed by atoms with van der Waals surface area (Å²) < 4.78 is 0. The zero-order valence-corrected chi connectivity index (χ0v) is 6.21. The Kier molecular flexibility index (Phi) is 2.13. The van der Waals surface area contributed by atoms with Crippen LogP contribution in [0.3, 0.4) is 0 Å². The SMILES string of the molecule is NC(=O)C1=NC([N+](=O)[O-])C=NC1=O. The van der Waals surface area contributed by atoms with Crippen molar-refractivity contribution in [2.24, 2.45) is 15.7 Å². The molecule has 8 nitrogen and oxygen atoms in total. The minimum atomic E-state index is -1.50. The van der Waals surface area contributed by atoms with Crippen molar-refractivity contribution in [1.82, 2.24) is 0 Å². The molecule has 0 radical (unpaired) electrons. The van der Waals surface area contributed by atoms with Crippen LogP contribution in [0.15, 0.2) is 9.98 Å². The van der Waals surface area contributed by atoms with Gasteiger partial charge in [0.2, 0.25) is 0 Å². The van der Waals surface area contributed by atoms with Crippen LogP contribution >= 0.6 is 0 Å². The number of aliphatic imine (C=N–C) groups is 2. The molecule has 0 fully saturated rings. The summed E-state index contributed by atoms with van der Waals surface area (Å²) >= 11 is 0. The van der Waals surface area contributed by atoms with E-state index in [1.807, 2.05) is 0 Å². The molecule has 2 amide bonds. The van der Waals surface area contributed by atoms with Gasteiger partial charge in [-0.2, -0.15) is 4.99 Å². The molecule has 8 heteroatoms. The van der Waals surface area contributed by atoms with Crippen molar-refractivity contribution in [3.63, 3.8) is 0 Å². The van der Waals surface area contributed by atoms with Gasteiger partial charge < -0.3 is 5.73 Å². The lowest BCUT2D eigenvalue weighted by molar-refractivity contribution is -0.499. The summed E-state index contributed by atoms with van der Waals surface area (Å²) in [4.78, 5) is 36.9. The van der Waals surface area contributed by atoms with Gasteiger partial charge in [0.25, 0.3) is 5.91 Å². The minimum absolute atomic E-state index is 0.691. The highest BCUT2D eigenvalue weighted by atomic mass is 16.6. The number of nitrogens with two attached hydrogens (primary N) is 1. The number of hydrogen-bond donors (Lipinski definition) is 1. The van der Waals surface area contributed by atoms with E-state index >= 15 is 0 Å². The lowest BCUT2D eigenvalue weighted by Crippen LogP contribution is -2.36. The smallest absolute Gasteiger partial charge is 0.340 e. The maximum absolute atomic E-state index is 10.8. The molecule has 0 aromatic rings. The van der Waals surface area contributed by atoms with Crippen molar-refractivity contribution in [2.75, 3.05) is 0 Å². The maximum Gasteiger partial charge on any atom is 0.340 e. The van der Waals surface area contributed by atoms with Gasteiger partial charge in [-0.05, 0) is 0 Å². The topological polar surface area (TPSA) is 128 Å². The van der Waals surface area contributed by atoms with E-state index in [1.165, 1.54) is 0 Å². The highest BCUT2D eigenvalue weighted by molar-refractivity contribution is 6.65. The Hall–Kier alpha value is -2.12. The van der Waals surface area contributed by atoms with Gasteiger partial charge in [-0.25, -0.2) is 4.99 Å². The van der Waals surface area contributed by atoms with Crippen LogP contribution in [0.4, 0.5) is 0 Å². The van der Waals surface area contributed by atoms with Crippen molar-refractivity contribution in [3.05, 3.63) is 10.1 Å². The Morgan fingerprint density at radius 3 is 2.77 bits per heavy atom. The predicted molar refractivity (Wildman–Crippen MR) is 40.9 cm³/mol. The van der Waals surface area contributed by atoms with Gasteiger partial charge in [-0.3, -0.25) is 19.7 Å². The van der Waals surface area contributed by atoms with Gasteiger partial charge >= 0.3 is 12.1 Å². The molecule has 0 spiro atoms. The van der Waals surface area contributed by atoms with E-state index in [2.05, 4.69) is 9.98 Å². The molecule has 2 N–H and O–H groups in total. The second-order valence-electron chi connectivity index (χ2n) is 2.12. The highest BCUT2D eigenvalue weighted by Gasteiger charge is 2.28. The Morgan fingerprint density at radius 1 is 1.69 bits per heavy atom. The minimum Gasteiger partial charge on any atom is -0.364 e. The van der Waals surface area contributed by atoms with Crippen molar-refractivity contribution < 1.29 is 14.5 Å². The molecule has 0 saturated heterocycles. The standard InChI is InChI=1S/C5H4N4O4/c6-4(10)3-5(11)7-1-2(8-3)9(12)13/h1-2H,(H2,6,10). The third kappa shape index (κ3) is 1.72. The summed E-state index contributed by atoms with van der Waals surface area (Å²) in [7, 11) is 0. The average Bonchev–Trinajstić information content (AvgIpc) is 2.04. The molecule has 0 aromatic heterocycles. The Morgan fingerprint density at radius 2 is 2.31 bits per heavy atom. The molecule has 1 aliphatic heterocycles. The van der Waals surface area contributed by atoms with Crippen LogP contribution in [-0.4, -0.2) is 34.8 Å². The lowest BCUT2D eigenvalue weighted by atomic mass is 10.3. The Bertz CT molecular complexity index is 344. The van der Waals surface area contributed by atoms with Crippen LogP contribution in [0.1, 0.15) is 0 Å². The first-order valence-corrected chi connectivity index (χ1v) is 3.12. The van der Waals surface area contributed by atoms with Gasteiger partial charge in [-0.1, -0.05) is 0 Å². The van der Waals surface area contributed by atoms with E-state index in [0.29, 0.717) is 0 Å². The summed E-state index contributed by atoms with van der Waals surface area (Å²) in [6.45, 7) is 0. The van der Waals surface area contributed by atoms with Crippen LogP contribution in [0, 0.1) is 10.1 Å². The molecule has 0 aliphatic carbocycles. The molecule has 13 heavy (non-hydrogen) atoms. The van der Waals surface area contributed by atoms with Gasteiger partial charge in [0.1, 0.15) is 6.21 Å². The van der Waals surface area contributed by atoms with E-state index in [-0.39, 0.29) is 0 Å². The average molecular weight is 184 g/mol. The summed E-state index contributed by atoms with van der Waals surface area (Å²) in [6.07, 6.45) is -0.755. The van der Waals surface area contributed by atoms with Crippen LogP contribution in [0.25, 0.3) is 0 Å². The van der Waals surface area contributed by atoms with E-state index in [1.54, 1.807) is 0 Å². The van der Waals surface area contributed by atoms with E-state index in [9.17, 15) is 19.7 Å². The van der Waals surface area contributed by atoms with Crippen molar-refractivity contribution in [1.29, 1.82) is 0 Å². The molecule has 1 heterocycles. The number of nitro groups is 1. The predicted octanol–water partition coefficient (Wildman–Crippen LogP) is -1.87. The molecular formula is C5H4N4O4. The molecule has 0 bridgehead atoms. The normalized spacial score (nSPS) is 21.1. The molecule has 0 aromatic carbocycles. The lowest BCUT2D eigenvalue weighted by Gasteiger charge is -2.04. The summed E-state index contributed by atoms with van der Waals surface area (Å²) in [5.41, 5.74) is 4.04. The van der Waals surface area contributed by atoms with Crippen molar-refractivity contribution >= 4 is 23.7 Å². The molecule has 68 valence electrons. The monoisotopic (exact) mass is 184 g/mol. The fourth-order valence-corrected chi connectivity index (χ4v) is 0.687. The maximum atomic E-state index is 10.8. The van der Waals surface area contributed by atoms with Crippen molar-refractivity contribution in [3.8, 4) is 0 Å². The molecular weight excluding hydrogens is 180 g/mol. The first-order valence-electron chi connectivity index (χ1n) is 3.12. The summed E-state index contributed by atoms with van der Waals surface area (Å²) in [5, 5.41) is 10.2. The van der Waals surface area contributed by atoms with Crippen LogP contribution in [0.2, 0.25) is 0 Å². The summed E-state index contributed by atoms with van der Waals surface area (Å²) in [6, 6.07) is 0. The van der Waals surface area contributed by atoms with E-state index in [4.69, 9.17) is 5.73 Å². The zero-order chi connectivity index (χ0) is 10.0. The van der Waals surface area contributed by atoms with Crippen molar-refractivity contribution in [2.45, 2.75) is 6.17 Å². The summed E-state index contributed by atoms with van der Waals surface area (Å²) in [5.74, 6) is -2.07. The highest BCUT2D eigenvalue weighted by Crippen LogP contribution is 1.98. The fraction of sp³-hybridized carbons (Fsp3) is 0.200. The van der Waals surface area contributed by atoms with Gasteiger partial charge in [0.15, 0.2) is 5.71 Å². The first-order chi connectivity index (χ1) is 6.02. The third-order valence-electron chi connectivity index (χ3n) is 1.24. The Balaban J connectivity index is 3.00. The first kappa shape index (κ1) is 8.97. The zero-order valence-electron chi connectivity index (χ0n) is 6.21. The molecule has 1 atom stereocenters. The van der Waals surface area contributed by atoms with E-state index < -0.39 is 28.6 Å².